The maximum absolute atomic E-state index is 12.2. The van der Waals surface area contributed by atoms with Gasteiger partial charge in [-0.1, -0.05) is 30.3 Å². The summed E-state index contributed by atoms with van der Waals surface area (Å²) in [5.74, 6) is 0. The number of nitriles is 1. The normalized spacial score (nSPS) is 13.6. The van der Waals surface area contributed by atoms with E-state index in [4.69, 9.17) is 5.26 Å². The van der Waals surface area contributed by atoms with Crippen LogP contribution in [0.3, 0.4) is 0 Å². The molecule has 0 fully saturated rings. The monoisotopic (exact) mass is 257 g/mol. The van der Waals surface area contributed by atoms with Crippen molar-refractivity contribution in [2.75, 3.05) is 0 Å². The van der Waals surface area contributed by atoms with Gasteiger partial charge in [0.15, 0.2) is 0 Å². The second kappa shape index (κ2) is 5.18. The van der Waals surface area contributed by atoms with E-state index < -0.39 is 7.37 Å². The molecule has 4 heteroatoms. The van der Waals surface area contributed by atoms with Crippen LogP contribution in [0.5, 0.6) is 0 Å². The number of nitrogens with zero attached hydrogens (tertiary/aromatic N) is 1. The van der Waals surface area contributed by atoms with E-state index >= 15 is 0 Å². The van der Waals surface area contributed by atoms with Gasteiger partial charge in [0.2, 0.25) is 7.37 Å². The topological polar surface area (TPSA) is 61.1 Å². The molecule has 2 rings (SSSR count). The highest BCUT2D eigenvalue weighted by atomic mass is 31.2. The Morgan fingerprint density at radius 3 is 2.22 bits per heavy atom. The summed E-state index contributed by atoms with van der Waals surface area (Å²) in [5.41, 5.74) is 1.30. The first-order chi connectivity index (χ1) is 8.62. The van der Waals surface area contributed by atoms with Gasteiger partial charge in [-0.15, -0.1) is 0 Å². The summed E-state index contributed by atoms with van der Waals surface area (Å²) in [5, 5.41) is 9.14. The Morgan fingerprint density at radius 2 is 1.67 bits per heavy atom. The molecule has 0 aliphatic rings. The summed E-state index contributed by atoms with van der Waals surface area (Å²) in [7, 11) is -3.37. The molecule has 0 aromatic heterocycles. The van der Waals surface area contributed by atoms with E-state index in [9.17, 15) is 9.46 Å². The maximum atomic E-state index is 12.2. The fourth-order valence-electron chi connectivity index (χ4n) is 1.68. The van der Waals surface area contributed by atoms with Gasteiger partial charge in [0.25, 0.3) is 0 Å². The maximum Gasteiger partial charge on any atom is 0.233 e. The minimum absolute atomic E-state index is 0.0860. The van der Waals surface area contributed by atoms with Crippen molar-refractivity contribution in [2.24, 2.45) is 0 Å². The van der Waals surface area contributed by atoms with Gasteiger partial charge in [-0.2, -0.15) is 5.26 Å². The van der Waals surface area contributed by atoms with Crippen LogP contribution in [0.4, 0.5) is 0 Å². The molecule has 0 amide bonds. The largest absolute Gasteiger partial charge is 0.341 e. The van der Waals surface area contributed by atoms with Gasteiger partial charge in [-0.25, -0.2) is 0 Å². The lowest BCUT2D eigenvalue weighted by molar-refractivity contribution is 0.489. The second-order valence-corrected chi connectivity index (χ2v) is 6.24. The van der Waals surface area contributed by atoms with Gasteiger partial charge in [0.05, 0.1) is 17.8 Å². The third-order valence-corrected chi connectivity index (χ3v) is 4.54. The molecular formula is C14H12NO2P. The molecule has 1 N–H and O–H groups in total. The van der Waals surface area contributed by atoms with Crippen LogP contribution < -0.4 is 5.30 Å². The Morgan fingerprint density at radius 1 is 1.06 bits per heavy atom. The molecule has 0 aliphatic carbocycles. The number of hydrogen-bond acceptors (Lipinski definition) is 2. The molecule has 0 bridgehead atoms. The van der Waals surface area contributed by atoms with Crippen molar-refractivity contribution in [1.29, 1.82) is 5.26 Å². The van der Waals surface area contributed by atoms with Gasteiger partial charge < -0.3 is 4.89 Å². The molecule has 3 nitrogen and oxygen atoms in total. The van der Waals surface area contributed by atoms with Crippen molar-refractivity contribution in [1.82, 2.24) is 0 Å². The molecule has 18 heavy (non-hydrogen) atoms. The highest BCUT2D eigenvalue weighted by Gasteiger charge is 2.21. The fraction of sp³-hybridized carbons (Fsp3) is 0.0714. The zero-order chi connectivity index (χ0) is 13.0. The van der Waals surface area contributed by atoms with E-state index in [1.807, 2.05) is 12.1 Å². The van der Waals surface area contributed by atoms with Crippen molar-refractivity contribution in [3.05, 3.63) is 65.7 Å². The van der Waals surface area contributed by atoms with Gasteiger partial charge in [-0.05, 0) is 29.8 Å². The molecular weight excluding hydrogens is 245 g/mol. The smallest absolute Gasteiger partial charge is 0.233 e. The Hall–Kier alpha value is -1.88. The molecule has 0 saturated heterocycles. The first-order valence-corrected chi connectivity index (χ1v) is 7.33. The summed E-state index contributed by atoms with van der Waals surface area (Å²) in [6, 6.07) is 17.4. The van der Waals surface area contributed by atoms with E-state index in [0.29, 0.717) is 10.9 Å². The second-order valence-electron chi connectivity index (χ2n) is 4.00. The minimum atomic E-state index is -3.37. The highest BCUT2D eigenvalue weighted by Crippen LogP contribution is 2.43. The predicted octanol–water partition coefficient (Wildman–Crippen LogP) is 2.65. The summed E-state index contributed by atoms with van der Waals surface area (Å²) < 4.78 is 12.2. The quantitative estimate of drug-likeness (QED) is 0.860. The summed E-state index contributed by atoms with van der Waals surface area (Å²) in [6.45, 7) is 0. The van der Waals surface area contributed by atoms with E-state index in [1.54, 1.807) is 48.5 Å². The standard InChI is InChI=1S/C14H12NO2P/c15-10-12-6-8-13(9-7-12)11-18(16,17)14-4-2-1-3-5-14/h1-9H,11H2,(H,16,17). The first-order valence-electron chi connectivity index (χ1n) is 5.48. The zero-order valence-electron chi connectivity index (χ0n) is 9.65. The molecule has 0 aliphatic heterocycles. The lowest BCUT2D eigenvalue weighted by Crippen LogP contribution is -2.05. The molecule has 2 aromatic rings. The lowest BCUT2D eigenvalue weighted by Gasteiger charge is -2.11. The number of hydrogen-bond donors (Lipinski definition) is 1. The minimum Gasteiger partial charge on any atom is -0.341 e. The average molecular weight is 257 g/mol. The van der Waals surface area contributed by atoms with E-state index in [1.165, 1.54) is 0 Å². The van der Waals surface area contributed by atoms with Crippen LogP contribution in [0.1, 0.15) is 11.1 Å². The molecule has 2 aromatic carbocycles. The molecule has 0 radical (unpaired) electrons. The van der Waals surface area contributed by atoms with Crippen LogP contribution in [0.25, 0.3) is 0 Å². The van der Waals surface area contributed by atoms with Crippen LogP contribution in [0.15, 0.2) is 54.6 Å². The van der Waals surface area contributed by atoms with Gasteiger partial charge in [0, 0.05) is 5.30 Å². The molecule has 1 unspecified atom stereocenters. The van der Waals surface area contributed by atoms with Crippen molar-refractivity contribution >= 4 is 12.7 Å². The van der Waals surface area contributed by atoms with Crippen LogP contribution in [0, 0.1) is 11.3 Å². The van der Waals surface area contributed by atoms with Crippen LogP contribution >= 0.6 is 7.37 Å². The molecule has 0 saturated carbocycles. The van der Waals surface area contributed by atoms with Crippen LogP contribution in [-0.2, 0) is 10.7 Å². The van der Waals surface area contributed by atoms with Gasteiger partial charge in [0.1, 0.15) is 0 Å². The van der Waals surface area contributed by atoms with E-state index in [0.717, 1.165) is 5.56 Å². The Kier molecular flexibility index (Phi) is 3.62. The zero-order valence-corrected chi connectivity index (χ0v) is 10.5. The molecule has 0 spiro atoms. The van der Waals surface area contributed by atoms with E-state index in [-0.39, 0.29) is 6.16 Å². The van der Waals surface area contributed by atoms with Crippen molar-refractivity contribution in [3.63, 3.8) is 0 Å². The summed E-state index contributed by atoms with van der Waals surface area (Å²) in [4.78, 5) is 10.1. The molecule has 1 atom stereocenters. The van der Waals surface area contributed by atoms with Gasteiger partial charge >= 0.3 is 0 Å². The van der Waals surface area contributed by atoms with Crippen LogP contribution in [0.2, 0.25) is 0 Å². The third kappa shape index (κ3) is 2.87. The van der Waals surface area contributed by atoms with Crippen LogP contribution in [-0.4, -0.2) is 4.89 Å². The highest BCUT2D eigenvalue weighted by molar-refractivity contribution is 7.65. The first kappa shape index (κ1) is 12.6. The Labute approximate surface area is 106 Å². The third-order valence-electron chi connectivity index (χ3n) is 2.64. The van der Waals surface area contributed by atoms with Crippen molar-refractivity contribution in [2.45, 2.75) is 6.16 Å². The predicted molar refractivity (Wildman–Crippen MR) is 70.8 cm³/mol. The summed E-state index contributed by atoms with van der Waals surface area (Å²) >= 11 is 0. The number of rotatable bonds is 3. The number of benzene rings is 2. The SMILES string of the molecule is N#Cc1ccc(CP(=O)(O)c2ccccc2)cc1. The lowest BCUT2D eigenvalue weighted by atomic mass is 10.2. The fourth-order valence-corrected chi connectivity index (χ4v) is 3.21. The summed E-state index contributed by atoms with van der Waals surface area (Å²) in [6.07, 6.45) is 0.0860. The van der Waals surface area contributed by atoms with Crippen molar-refractivity contribution in [3.8, 4) is 6.07 Å². The molecule has 90 valence electrons. The van der Waals surface area contributed by atoms with Gasteiger partial charge in [-0.3, -0.25) is 4.57 Å². The molecule has 0 heterocycles. The Balaban J connectivity index is 2.23. The average Bonchev–Trinajstić information content (AvgIpc) is 2.40. The van der Waals surface area contributed by atoms with E-state index in [2.05, 4.69) is 0 Å². The Bertz CT molecular complexity index is 614. The van der Waals surface area contributed by atoms with Crippen molar-refractivity contribution < 1.29 is 9.46 Å².